The van der Waals surface area contributed by atoms with E-state index in [1.807, 2.05) is 0 Å². The van der Waals surface area contributed by atoms with Gasteiger partial charge in [0.05, 0.1) is 0 Å². The van der Waals surface area contributed by atoms with Crippen LogP contribution in [0.15, 0.2) is 35.9 Å². The molecule has 1 nitrogen and oxygen atoms in total. The van der Waals surface area contributed by atoms with Gasteiger partial charge in [-0.3, -0.25) is 0 Å². The summed E-state index contributed by atoms with van der Waals surface area (Å²) in [5.74, 6) is 0. The number of benzene rings is 1. The number of halogens is 3. The van der Waals surface area contributed by atoms with Crippen LogP contribution in [0.5, 0.6) is 0 Å². The number of aliphatic hydroxyl groups is 1. The van der Waals surface area contributed by atoms with Crippen molar-refractivity contribution in [3.8, 4) is 0 Å². The molecule has 1 N–H and O–H groups in total. The van der Waals surface area contributed by atoms with Crippen LogP contribution in [0.25, 0.3) is 6.08 Å². The summed E-state index contributed by atoms with van der Waals surface area (Å²) in [4.78, 5) is 0. The minimum Gasteiger partial charge on any atom is -0.379 e. The van der Waals surface area contributed by atoms with Crippen LogP contribution in [0.1, 0.15) is 12.5 Å². The van der Waals surface area contributed by atoms with Gasteiger partial charge >= 0.3 is 6.18 Å². The number of hydrogen-bond donors (Lipinski definition) is 1. The molecule has 0 fully saturated rings. The molecule has 0 aromatic heterocycles. The Morgan fingerprint density at radius 3 is 2.27 bits per heavy atom. The molecule has 0 amide bonds. The van der Waals surface area contributed by atoms with Crippen LogP contribution in [0, 0.1) is 0 Å². The lowest BCUT2D eigenvalue weighted by Crippen LogP contribution is -2.29. The topological polar surface area (TPSA) is 20.2 Å². The third-order valence-electron chi connectivity index (χ3n) is 1.94. The first-order valence-corrected chi connectivity index (χ1v) is 4.39. The van der Waals surface area contributed by atoms with Gasteiger partial charge in [0.15, 0.2) is 6.10 Å². The fourth-order valence-corrected chi connectivity index (χ4v) is 1.15. The molecule has 0 bridgehead atoms. The normalized spacial score (nSPS) is 15.1. The summed E-state index contributed by atoms with van der Waals surface area (Å²) < 4.78 is 36.3. The van der Waals surface area contributed by atoms with Crippen LogP contribution in [0.3, 0.4) is 0 Å². The zero-order chi connectivity index (χ0) is 11.5. The average molecular weight is 216 g/mol. The Hall–Kier alpha value is -1.29. The van der Waals surface area contributed by atoms with Gasteiger partial charge < -0.3 is 5.11 Å². The van der Waals surface area contributed by atoms with Gasteiger partial charge in [0.25, 0.3) is 0 Å². The molecule has 0 spiro atoms. The smallest absolute Gasteiger partial charge is 0.379 e. The fraction of sp³-hybridized carbons (Fsp3) is 0.273. The molecular weight excluding hydrogens is 205 g/mol. The summed E-state index contributed by atoms with van der Waals surface area (Å²) >= 11 is 0. The summed E-state index contributed by atoms with van der Waals surface area (Å²) in [6.45, 7) is 1.26. The Bertz CT molecular complexity index is 341. The van der Waals surface area contributed by atoms with Gasteiger partial charge in [0.1, 0.15) is 0 Å². The van der Waals surface area contributed by atoms with Crippen molar-refractivity contribution in [2.24, 2.45) is 0 Å². The first kappa shape index (κ1) is 11.8. The fourth-order valence-electron chi connectivity index (χ4n) is 1.15. The van der Waals surface area contributed by atoms with E-state index in [0.29, 0.717) is 5.56 Å². The van der Waals surface area contributed by atoms with Gasteiger partial charge in [-0.05, 0) is 18.1 Å². The van der Waals surface area contributed by atoms with E-state index < -0.39 is 12.3 Å². The van der Waals surface area contributed by atoms with Crippen molar-refractivity contribution >= 4 is 6.08 Å². The molecular formula is C11H11F3O. The van der Waals surface area contributed by atoms with Crippen LogP contribution in [-0.4, -0.2) is 17.4 Å². The minimum absolute atomic E-state index is 0.117. The van der Waals surface area contributed by atoms with Crippen molar-refractivity contribution in [2.45, 2.75) is 19.2 Å². The van der Waals surface area contributed by atoms with Crippen LogP contribution >= 0.6 is 0 Å². The van der Waals surface area contributed by atoms with Gasteiger partial charge in [0.2, 0.25) is 0 Å². The predicted molar refractivity (Wildman–Crippen MR) is 52.2 cm³/mol. The van der Waals surface area contributed by atoms with Gasteiger partial charge in [0, 0.05) is 0 Å². The molecule has 1 atom stereocenters. The predicted octanol–water partition coefficient (Wildman–Crippen LogP) is 3.01. The van der Waals surface area contributed by atoms with Crippen molar-refractivity contribution < 1.29 is 18.3 Å². The summed E-state index contributed by atoms with van der Waals surface area (Å²) in [5, 5.41) is 8.92. The number of hydrogen-bond acceptors (Lipinski definition) is 1. The lowest BCUT2D eigenvalue weighted by molar-refractivity contribution is -0.190. The van der Waals surface area contributed by atoms with E-state index in [1.54, 1.807) is 30.3 Å². The lowest BCUT2D eigenvalue weighted by Gasteiger charge is -2.14. The van der Waals surface area contributed by atoms with Crippen LogP contribution in [0.2, 0.25) is 0 Å². The minimum atomic E-state index is -4.60. The van der Waals surface area contributed by atoms with Crippen molar-refractivity contribution in [3.05, 3.63) is 41.5 Å². The molecule has 0 unspecified atom stereocenters. The molecule has 0 heterocycles. The maximum absolute atomic E-state index is 12.1. The second-order valence-corrected chi connectivity index (χ2v) is 3.24. The molecule has 82 valence electrons. The Morgan fingerprint density at radius 1 is 1.27 bits per heavy atom. The first-order chi connectivity index (χ1) is 6.91. The zero-order valence-electron chi connectivity index (χ0n) is 8.12. The molecule has 1 aromatic carbocycles. The van der Waals surface area contributed by atoms with Gasteiger partial charge in [-0.1, -0.05) is 36.4 Å². The number of rotatable bonds is 2. The zero-order valence-corrected chi connectivity index (χ0v) is 8.12. The highest BCUT2D eigenvalue weighted by atomic mass is 19.4. The maximum atomic E-state index is 12.1. The van der Waals surface area contributed by atoms with Crippen LogP contribution < -0.4 is 0 Å². The van der Waals surface area contributed by atoms with E-state index in [-0.39, 0.29) is 5.57 Å². The Balaban J connectivity index is 2.86. The molecule has 15 heavy (non-hydrogen) atoms. The molecule has 0 aliphatic rings. The first-order valence-electron chi connectivity index (χ1n) is 4.39. The van der Waals surface area contributed by atoms with Crippen molar-refractivity contribution in [2.75, 3.05) is 0 Å². The van der Waals surface area contributed by atoms with Gasteiger partial charge in [-0.2, -0.15) is 13.2 Å². The Kier molecular flexibility index (Phi) is 3.52. The second kappa shape index (κ2) is 4.49. The van der Waals surface area contributed by atoms with Crippen molar-refractivity contribution in [1.82, 2.24) is 0 Å². The monoisotopic (exact) mass is 216 g/mol. The summed E-state index contributed by atoms with van der Waals surface area (Å²) in [7, 11) is 0. The van der Waals surface area contributed by atoms with E-state index in [1.165, 1.54) is 13.0 Å². The standard InChI is InChI=1S/C11H11F3O/c1-8(10(15)11(12,13)14)7-9-5-3-2-4-6-9/h2-7,10,15H,1H3/b8-7+/t10-/m1/s1. The molecule has 0 aliphatic heterocycles. The molecule has 0 saturated heterocycles. The second-order valence-electron chi connectivity index (χ2n) is 3.24. The van der Waals surface area contributed by atoms with E-state index in [0.717, 1.165) is 0 Å². The molecule has 1 aromatic rings. The van der Waals surface area contributed by atoms with Crippen molar-refractivity contribution in [3.63, 3.8) is 0 Å². The summed E-state index contributed by atoms with van der Waals surface area (Å²) in [6.07, 6.45) is -5.68. The van der Waals surface area contributed by atoms with Gasteiger partial charge in [-0.15, -0.1) is 0 Å². The molecule has 0 saturated carbocycles. The van der Waals surface area contributed by atoms with Crippen LogP contribution in [-0.2, 0) is 0 Å². The summed E-state index contributed by atoms with van der Waals surface area (Å²) in [5.41, 5.74) is 0.520. The highest BCUT2D eigenvalue weighted by molar-refractivity contribution is 5.53. The third-order valence-corrected chi connectivity index (χ3v) is 1.94. The maximum Gasteiger partial charge on any atom is 0.418 e. The lowest BCUT2D eigenvalue weighted by atomic mass is 10.1. The SMILES string of the molecule is C/C(=C\c1ccccc1)[C@@H](O)C(F)(F)F. The Labute approximate surface area is 85.9 Å². The summed E-state index contributed by atoms with van der Waals surface area (Å²) in [6, 6.07) is 8.56. The highest BCUT2D eigenvalue weighted by Gasteiger charge is 2.39. The number of alkyl halides is 3. The van der Waals surface area contributed by atoms with Crippen LogP contribution in [0.4, 0.5) is 13.2 Å². The van der Waals surface area contributed by atoms with E-state index in [4.69, 9.17) is 5.11 Å². The molecule has 4 heteroatoms. The Morgan fingerprint density at radius 2 is 1.80 bits per heavy atom. The quantitative estimate of drug-likeness (QED) is 0.805. The third kappa shape index (κ3) is 3.40. The highest BCUT2D eigenvalue weighted by Crippen LogP contribution is 2.26. The average Bonchev–Trinajstić information content (AvgIpc) is 2.16. The molecule has 0 aliphatic carbocycles. The van der Waals surface area contributed by atoms with Gasteiger partial charge in [-0.25, -0.2) is 0 Å². The van der Waals surface area contributed by atoms with E-state index in [2.05, 4.69) is 0 Å². The largest absolute Gasteiger partial charge is 0.418 e. The van der Waals surface area contributed by atoms with E-state index in [9.17, 15) is 13.2 Å². The van der Waals surface area contributed by atoms with E-state index >= 15 is 0 Å². The molecule has 0 radical (unpaired) electrons. The molecule has 1 rings (SSSR count). The number of aliphatic hydroxyl groups excluding tert-OH is 1. The van der Waals surface area contributed by atoms with Crippen molar-refractivity contribution in [1.29, 1.82) is 0 Å².